The van der Waals surface area contributed by atoms with Gasteiger partial charge >= 0.3 is 0 Å². The first-order valence-electron chi connectivity index (χ1n) is 10.1. The fourth-order valence-electron chi connectivity index (χ4n) is 3.84. The molecule has 7 heteroatoms. The Hall–Kier alpha value is -3.09. The number of carbonyl (C=O) groups is 2. The standard InChI is InChI=1S/C24H23ClN2O4/c25-19-6-2-5-18(15-19)24(9-12-30-13-10-24)16-26-22(28)17-4-1-7-20(14-17)27-23(29)21-8-3-11-31-21/h1-8,11,14-15H,9-10,12-13,16H2,(H,26,28)(H,27,29). The van der Waals surface area contributed by atoms with E-state index in [1.165, 1.54) is 6.26 Å². The third-order valence-corrected chi connectivity index (χ3v) is 5.84. The molecule has 0 spiro atoms. The molecule has 6 nitrogen and oxygen atoms in total. The van der Waals surface area contributed by atoms with E-state index in [1.54, 1.807) is 36.4 Å². The Labute approximate surface area is 185 Å². The van der Waals surface area contributed by atoms with Gasteiger partial charge in [0.05, 0.1) is 6.26 Å². The first-order valence-corrected chi connectivity index (χ1v) is 10.5. The Bertz CT molecular complexity index is 1060. The van der Waals surface area contributed by atoms with Crippen molar-refractivity contribution in [3.63, 3.8) is 0 Å². The maximum Gasteiger partial charge on any atom is 0.291 e. The second-order valence-corrected chi connectivity index (χ2v) is 8.03. The van der Waals surface area contributed by atoms with Gasteiger partial charge in [0.1, 0.15) is 0 Å². The third-order valence-electron chi connectivity index (χ3n) is 5.60. The molecule has 31 heavy (non-hydrogen) atoms. The molecular weight excluding hydrogens is 416 g/mol. The van der Waals surface area contributed by atoms with Crippen LogP contribution < -0.4 is 10.6 Å². The minimum absolute atomic E-state index is 0.206. The molecule has 1 saturated heterocycles. The Morgan fingerprint density at radius 2 is 1.77 bits per heavy atom. The molecule has 0 atom stereocenters. The number of nitrogens with one attached hydrogen (secondary N) is 2. The van der Waals surface area contributed by atoms with E-state index in [9.17, 15) is 9.59 Å². The first-order chi connectivity index (χ1) is 15.1. The van der Waals surface area contributed by atoms with E-state index < -0.39 is 0 Å². The van der Waals surface area contributed by atoms with Crippen LogP contribution in [0.5, 0.6) is 0 Å². The fraction of sp³-hybridized carbons (Fsp3) is 0.250. The van der Waals surface area contributed by atoms with Gasteiger partial charge in [-0.25, -0.2) is 0 Å². The molecule has 160 valence electrons. The zero-order chi connectivity index (χ0) is 21.7. The summed E-state index contributed by atoms with van der Waals surface area (Å²) in [7, 11) is 0. The highest BCUT2D eigenvalue weighted by atomic mass is 35.5. The van der Waals surface area contributed by atoms with E-state index in [2.05, 4.69) is 10.6 Å². The average Bonchev–Trinajstić information content (AvgIpc) is 3.34. The van der Waals surface area contributed by atoms with Gasteiger partial charge in [-0.1, -0.05) is 29.8 Å². The molecule has 0 aliphatic carbocycles. The number of benzene rings is 2. The van der Waals surface area contributed by atoms with Gasteiger partial charge in [0, 0.05) is 41.4 Å². The zero-order valence-electron chi connectivity index (χ0n) is 16.9. The predicted octanol–water partition coefficient (Wildman–Crippen LogP) is 4.66. The van der Waals surface area contributed by atoms with Gasteiger partial charge in [-0.2, -0.15) is 0 Å². The lowest BCUT2D eigenvalue weighted by molar-refractivity contribution is 0.0487. The number of hydrogen-bond donors (Lipinski definition) is 2. The number of hydrogen-bond acceptors (Lipinski definition) is 4. The molecule has 0 unspecified atom stereocenters. The van der Waals surface area contributed by atoms with E-state index in [4.69, 9.17) is 20.8 Å². The first kappa shape index (κ1) is 21.2. The van der Waals surface area contributed by atoms with Crippen LogP contribution in [-0.4, -0.2) is 31.6 Å². The van der Waals surface area contributed by atoms with Crippen molar-refractivity contribution in [3.8, 4) is 0 Å². The number of furan rings is 1. The monoisotopic (exact) mass is 438 g/mol. The smallest absolute Gasteiger partial charge is 0.291 e. The van der Waals surface area contributed by atoms with Crippen LogP contribution in [0, 0.1) is 0 Å². The number of ether oxygens (including phenoxy) is 1. The van der Waals surface area contributed by atoms with Crippen LogP contribution in [0.25, 0.3) is 0 Å². The van der Waals surface area contributed by atoms with E-state index in [0.717, 1.165) is 18.4 Å². The minimum Gasteiger partial charge on any atom is -0.459 e. The van der Waals surface area contributed by atoms with Crippen LogP contribution >= 0.6 is 11.6 Å². The van der Waals surface area contributed by atoms with Crippen LogP contribution in [0.3, 0.4) is 0 Å². The number of rotatable bonds is 6. The number of halogens is 1. The SMILES string of the molecule is O=C(NCC1(c2cccc(Cl)c2)CCOCC1)c1cccc(NC(=O)c2ccco2)c1. The number of anilines is 1. The van der Waals surface area contributed by atoms with Gasteiger partial charge in [0.15, 0.2) is 5.76 Å². The highest BCUT2D eigenvalue weighted by Gasteiger charge is 2.35. The van der Waals surface area contributed by atoms with E-state index in [0.29, 0.717) is 36.0 Å². The average molecular weight is 439 g/mol. The highest BCUT2D eigenvalue weighted by molar-refractivity contribution is 6.30. The summed E-state index contributed by atoms with van der Waals surface area (Å²) < 4.78 is 10.7. The van der Waals surface area contributed by atoms with Crippen molar-refractivity contribution in [3.05, 3.63) is 88.8 Å². The molecule has 2 aromatic carbocycles. The summed E-state index contributed by atoms with van der Waals surface area (Å²) in [6, 6.07) is 17.8. The lowest BCUT2D eigenvalue weighted by Crippen LogP contribution is -2.44. The number of carbonyl (C=O) groups excluding carboxylic acids is 2. The van der Waals surface area contributed by atoms with Gasteiger partial charge in [-0.3, -0.25) is 9.59 Å². The molecule has 4 rings (SSSR count). The molecule has 1 aliphatic heterocycles. The maximum absolute atomic E-state index is 12.9. The normalized spacial score (nSPS) is 15.3. The Morgan fingerprint density at radius 1 is 0.968 bits per heavy atom. The molecule has 2 amide bonds. The van der Waals surface area contributed by atoms with Crippen LogP contribution in [-0.2, 0) is 10.2 Å². The zero-order valence-corrected chi connectivity index (χ0v) is 17.7. The molecule has 2 N–H and O–H groups in total. The Balaban J connectivity index is 1.46. The summed E-state index contributed by atoms with van der Waals surface area (Å²) in [6.07, 6.45) is 3.03. The quantitative estimate of drug-likeness (QED) is 0.586. The Morgan fingerprint density at radius 3 is 2.52 bits per heavy atom. The fourth-order valence-corrected chi connectivity index (χ4v) is 4.03. The molecule has 0 saturated carbocycles. The summed E-state index contributed by atoms with van der Waals surface area (Å²) in [5, 5.41) is 6.48. The van der Waals surface area contributed by atoms with E-state index in [-0.39, 0.29) is 23.0 Å². The summed E-state index contributed by atoms with van der Waals surface area (Å²) >= 11 is 6.22. The van der Waals surface area contributed by atoms with Gasteiger partial charge in [-0.15, -0.1) is 0 Å². The molecule has 1 fully saturated rings. The second kappa shape index (κ2) is 9.37. The molecule has 0 bridgehead atoms. The minimum atomic E-state index is -0.371. The van der Waals surface area contributed by atoms with Crippen LogP contribution in [0.1, 0.15) is 39.3 Å². The van der Waals surface area contributed by atoms with Crippen LogP contribution in [0.2, 0.25) is 5.02 Å². The van der Waals surface area contributed by atoms with Crippen molar-refractivity contribution in [2.75, 3.05) is 25.1 Å². The maximum atomic E-state index is 12.9. The summed E-state index contributed by atoms with van der Waals surface area (Å²) in [4.78, 5) is 25.1. The second-order valence-electron chi connectivity index (χ2n) is 7.60. The van der Waals surface area contributed by atoms with Gasteiger partial charge < -0.3 is 19.8 Å². The summed E-state index contributed by atoms with van der Waals surface area (Å²) in [5.74, 6) is -0.371. The molecule has 1 aromatic heterocycles. The van der Waals surface area contributed by atoms with Crippen molar-refractivity contribution < 1.29 is 18.7 Å². The van der Waals surface area contributed by atoms with Crippen molar-refractivity contribution >= 4 is 29.1 Å². The van der Waals surface area contributed by atoms with Crippen LogP contribution in [0.15, 0.2) is 71.3 Å². The Kier molecular flexibility index (Phi) is 6.39. The van der Waals surface area contributed by atoms with E-state index >= 15 is 0 Å². The highest BCUT2D eigenvalue weighted by Crippen LogP contribution is 2.35. The lowest BCUT2D eigenvalue weighted by atomic mass is 9.74. The van der Waals surface area contributed by atoms with Crippen LogP contribution in [0.4, 0.5) is 5.69 Å². The lowest BCUT2D eigenvalue weighted by Gasteiger charge is -2.38. The van der Waals surface area contributed by atoms with Crippen molar-refractivity contribution in [1.82, 2.24) is 5.32 Å². The molecule has 0 radical (unpaired) electrons. The predicted molar refractivity (Wildman–Crippen MR) is 119 cm³/mol. The van der Waals surface area contributed by atoms with Crippen molar-refractivity contribution in [2.24, 2.45) is 0 Å². The summed E-state index contributed by atoms with van der Waals surface area (Å²) in [6.45, 7) is 1.74. The van der Waals surface area contributed by atoms with E-state index in [1.807, 2.05) is 24.3 Å². The van der Waals surface area contributed by atoms with Gasteiger partial charge in [0.25, 0.3) is 11.8 Å². The third kappa shape index (κ3) is 4.98. The van der Waals surface area contributed by atoms with Gasteiger partial charge in [-0.05, 0) is 60.9 Å². The van der Waals surface area contributed by atoms with Gasteiger partial charge in [0.2, 0.25) is 0 Å². The van der Waals surface area contributed by atoms with Crippen molar-refractivity contribution in [2.45, 2.75) is 18.3 Å². The summed E-state index contributed by atoms with van der Waals surface area (Å²) in [5.41, 5.74) is 1.85. The molecule has 3 aromatic rings. The molecule has 2 heterocycles. The topological polar surface area (TPSA) is 80.6 Å². The molecule has 1 aliphatic rings. The van der Waals surface area contributed by atoms with Crippen molar-refractivity contribution in [1.29, 1.82) is 0 Å². The molecular formula is C24H23ClN2O4. The number of amides is 2. The largest absolute Gasteiger partial charge is 0.459 e.